The van der Waals surface area contributed by atoms with Crippen LogP contribution in [0.3, 0.4) is 0 Å². The molecule has 0 aliphatic rings. The average Bonchev–Trinajstić information content (AvgIpc) is 2.87. The van der Waals surface area contributed by atoms with Gasteiger partial charge in [-0.1, -0.05) is 23.9 Å². The molecule has 0 radical (unpaired) electrons. The third kappa shape index (κ3) is 4.22. The Morgan fingerprint density at radius 2 is 2.14 bits per heavy atom. The van der Waals surface area contributed by atoms with Crippen molar-refractivity contribution in [2.75, 3.05) is 12.4 Å². The fraction of sp³-hybridized carbons (Fsp3) is 0.467. The van der Waals surface area contributed by atoms with Gasteiger partial charge in [0.05, 0.1) is 13.2 Å². The highest BCUT2D eigenvalue weighted by Gasteiger charge is 2.13. The van der Waals surface area contributed by atoms with Crippen LogP contribution in [0, 0.1) is 6.92 Å². The van der Waals surface area contributed by atoms with Gasteiger partial charge in [0.2, 0.25) is 0 Å². The molecule has 114 valence electrons. The number of ether oxygens (including phenoxy) is 1. The minimum absolute atomic E-state index is 0.304. The summed E-state index contributed by atoms with van der Waals surface area (Å²) in [6.45, 7) is 7.31. The Morgan fingerprint density at radius 1 is 1.33 bits per heavy atom. The molecule has 2 N–H and O–H groups in total. The quantitative estimate of drug-likeness (QED) is 0.629. The van der Waals surface area contributed by atoms with Crippen LogP contribution in [-0.4, -0.2) is 27.1 Å². The highest BCUT2D eigenvalue weighted by molar-refractivity contribution is 7.99. The van der Waals surface area contributed by atoms with Crippen molar-refractivity contribution in [1.29, 1.82) is 0 Å². The third-order valence-electron chi connectivity index (χ3n) is 3.01. The summed E-state index contributed by atoms with van der Waals surface area (Å²) in [4.78, 5) is 0. The van der Waals surface area contributed by atoms with E-state index in [9.17, 15) is 0 Å². The lowest BCUT2D eigenvalue weighted by molar-refractivity contribution is 0.343. The molecule has 0 amide bonds. The molecule has 5 nitrogen and oxygen atoms in total. The molecule has 21 heavy (non-hydrogen) atoms. The number of rotatable bonds is 7. The zero-order valence-corrected chi connectivity index (χ0v) is 13.6. The van der Waals surface area contributed by atoms with Gasteiger partial charge >= 0.3 is 0 Å². The molecule has 0 spiro atoms. The third-order valence-corrected chi connectivity index (χ3v) is 3.91. The lowest BCUT2D eigenvalue weighted by Gasteiger charge is -2.13. The maximum Gasteiger partial charge on any atom is 0.191 e. The molecule has 6 heteroatoms. The minimum atomic E-state index is 0.304. The number of aromatic nitrogens is 3. The largest absolute Gasteiger partial charge is 0.493 e. The molecular formula is C15H22N4OS. The van der Waals surface area contributed by atoms with Gasteiger partial charge in [0.25, 0.3) is 0 Å². The van der Waals surface area contributed by atoms with Crippen LogP contribution < -0.4 is 10.5 Å². The Kier molecular flexibility index (Phi) is 5.64. The summed E-state index contributed by atoms with van der Waals surface area (Å²) in [5.74, 6) is 2.55. The van der Waals surface area contributed by atoms with Crippen molar-refractivity contribution in [3.05, 3.63) is 35.7 Å². The SMILES string of the molecule is Cc1cccc(OCCSc2nnc(CN)n2C(C)C)c1. The van der Waals surface area contributed by atoms with E-state index in [0.717, 1.165) is 22.5 Å². The first-order valence-corrected chi connectivity index (χ1v) is 8.06. The van der Waals surface area contributed by atoms with Gasteiger partial charge in [-0.05, 0) is 38.5 Å². The van der Waals surface area contributed by atoms with E-state index in [1.807, 2.05) is 18.2 Å². The Labute approximate surface area is 129 Å². The van der Waals surface area contributed by atoms with Gasteiger partial charge in [-0.25, -0.2) is 0 Å². The highest BCUT2D eigenvalue weighted by Crippen LogP contribution is 2.21. The van der Waals surface area contributed by atoms with Crippen molar-refractivity contribution in [2.24, 2.45) is 5.73 Å². The Bertz CT molecular complexity index is 583. The molecule has 1 aromatic carbocycles. The smallest absolute Gasteiger partial charge is 0.191 e. The summed E-state index contributed by atoms with van der Waals surface area (Å²) < 4.78 is 7.82. The van der Waals surface area contributed by atoms with Gasteiger partial charge in [0, 0.05) is 11.8 Å². The Morgan fingerprint density at radius 3 is 2.81 bits per heavy atom. The maximum atomic E-state index is 5.74. The highest BCUT2D eigenvalue weighted by atomic mass is 32.2. The van der Waals surface area contributed by atoms with Crippen LogP contribution >= 0.6 is 11.8 Å². The summed E-state index contributed by atoms with van der Waals surface area (Å²) in [5.41, 5.74) is 6.89. The Hall–Kier alpha value is -1.53. The van der Waals surface area contributed by atoms with Gasteiger partial charge < -0.3 is 15.0 Å². The molecule has 0 aliphatic carbocycles. The van der Waals surface area contributed by atoms with Gasteiger partial charge in [-0.15, -0.1) is 10.2 Å². The molecule has 0 unspecified atom stereocenters. The number of hydrogen-bond acceptors (Lipinski definition) is 5. The molecule has 1 aromatic heterocycles. The second-order valence-electron chi connectivity index (χ2n) is 5.08. The van der Waals surface area contributed by atoms with Crippen LogP contribution in [0.4, 0.5) is 0 Å². The van der Waals surface area contributed by atoms with Crippen molar-refractivity contribution in [1.82, 2.24) is 14.8 Å². The number of thioether (sulfide) groups is 1. The van der Waals surface area contributed by atoms with Crippen molar-refractivity contribution in [3.8, 4) is 5.75 Å². The first kappa shape index (κ1) is 15.9. The molecular weight excluding hydrogens is 284 g/mol. The van der Waals surface area contributed by atoms with Crippen molar-refractivity contribution in [2.45, 2.75) is 38.5 Å². The van der Waals surface area contributed by atoms with Crippen LogP contribution in [0.1, 0.15) is 31.3 Å². The van der Waals surface area contributed by atoms with E-state index in [-0.39, 0.29) is 0 Å². The van der Waals surface area contributed by atoms with Crippen LogP contribution in [0.2, 0.25) is 0 Å². The molecule has 0 saturated heterocycles. The summed E-state index contributed by atoms with van der Waals surface area (Å²) in [6, 6.07) is 8.37. The molecule has 0 bridgehead atoms. The minimum Gasteiger partial charge on any atom is -0.493 e. The lowest BCUT2D eigenvalue weighted by Crippen LogP contribution is -2.12. The summed E-state index contributed by atoms with van der Waals surface area (Å²) >= 11 is 1.64. The monoisotopic (exact) mass is 306 g/mol. The molecule has 2 rings (SSSR count). The second kappa shape index (κ2) is 7.47. The van der Waals surface area contributed by atoms with E-state index < -0.39 is 0 Å². The van der Waals surface area contributed by atoms with Gasteiger partial charge in [0.15, 0.2) is 5.16 Å². The van der Waals surface area contributed by atoms with E-state index in [0.29, 0.717) is 19.2 Å². The van der Waals surface area contributed by atoms with E-state index in [2.05, 4.69) is 41.6 Å². The fourth-order valence-corrected chi connectivity index (χ4v) is 2.96. The fourth-order valence-electron chi connectivity index (χ4n) is 2.06. The van der Waals surface area contributed by atoms with Crippen molar-refractivity contribution in [3.63, 3.8) is 0 Å². The van der Waals surface area contributed by atoms with Crippen molar-refractivity contribution >= 4 is 11.8 Å². The summed E-state index contributed by atoms with van der Waals surface area (Å²) in [6.07, 6.45) is 0. The van der Waals surface area contributed by atoms with E-state index in [4.69, 9.17) is 10.5 Å². The average molecular weight is 306 g/mol. The number of nitrogens with zero attached hydrogens (tertiary/aromatic N) is 3. The topological polar surface area (TPSA) is 66.0 Å². The number of aryl methyl sites for hydroxylation is 1. The van der Waals surface area contributed by atoms with Crippen LogP contribution in [0.25, 0.3) is 0 Å². The maximum absolute atomic E-state index is 5.74. The number of nitrogens with two attached hydrogens (primary N) is 1. The molecule has 0 aliphatic heterocycles. The van der Waals surface area contributed by atoms with E-state index in [1.165, 1.54) is 5.56 Å². The molecule has 0 atom stereocenters. The first-order chi connectivity index (χ1) is 10.1. The normalized spacial score (nSPS) is 11.1. The van der Waals surface area contributed by atoms with Crippen LogP contribution in [0.5, 0.6) is 5.75 Å². The molecule has 1 heterocycles. The lowest BCUT2D eigenvalue weighted by atomic mass is 10.2. The number of benzene rings is 1. The van der Waals surface area contributed by atoms with Crippen molar-refractivity contribution < 1.29 is 4.74 Å². The predicted molar refractivity (Wildman–Crippen MR) is 85.7 cm³/mol. The van der Waals surface area contributed by atoms with Gasteiger partial charge in [-0.3, -0.25) is 0 Å². The Balaban J connectivity index is 1.88. The summed E-state index contributed by atoms with van der Waals surface area (Å²) in [5, 5.41) is 9.24. The zero-order chi connectivity index (χ0) is 15.2. The van der Waals surface area contributed by atoms with Crippen LogP contribution in [-0.2, 0) is 6.54 Å². The summed E-state index contributed by atoms with van der Waals surface area (Å²) in [7, 11) is 0. The second-order valence-corrected chi connectivity index (χ2v) is 6.14. The van der Waals surface area contributed by atoms with Gasteiger partial charge in [-0.2, -0.15) is 0 Å². The molecule has 0 fully saturated rings. The van der Waals surface area contributed by atoms with E-state index >= 15 is 0 Å². The first-order valence-electron chi connectivity index (χ1n) is 7.08. The standard InChI is InChI=1S/C15H22N4OS/c1-11(2)19-14(10-16)17-18-15(19)21-8-7-20-13-6-4-5-12(3)9-13/h4-6,9,11H,7-8,10,16H2,1-3H3. The van der Waals surface area contributed by atoms with Crippen LogP contribution in [0.15, 0.2) is 29.4 Å². The molecule has 2 aromatic rings. The number of hydrogen-bond donors (Lipinski definition) is 1. The zero-order valence-electron chi connectivity index (χ0n) is 12.7. The van der Waals surface area contributed by atoms with Gasteiger partial charge in [0.1, 0.15) is 11.6 Å². The predicted octanol–water partition coefficient (Wildman–Crippen LogP) is 2.80. The van der Waals surface area contributed by atoms with E-state index in [1.54, 1.807) is 11.8 Å². The molecule has 0 saturated carbocycles.